The number of benzene rings is 1. The zero-order chi connectivity index (χ0) is 30.3. The third-order valence-electron chi connectivity index (χ3n) is 10.6. The molecule has 44 heavy (non-hydrogen) atoms. The fraction of sp³-hybridized carbons (Fsp3) is 0.529. The van der Waals surface area contributed by atoms with Gasteiger partial charge in [0.25, 0.3) is 0 Å². The summed E-state index contributed by atoms with van der Waals surface area (Å²) in [5.74, 6) is 2.19. The van der Waals surface area contributed by atoms with Crippen LogP contribution in [0.4, 0.5) is 5.82 Å². The monoisotopic (exact) mass is 595 g/mol. The highest BCUT2D eigenvalue weighted by atomic mass is 16.3. The molecule has 1 aliphatic carbocycles. The number of aromatic nitrogens is 6. The number of nitrogens with one attached hydrogen (secondary N) is 1. The molecule has 1 unspecified atom stereocenters. The zero-order valence-electron chi connectivity index (χ0n) is 26.2. The molecule has 0 amide bonds. The van der Waals surface area contributed by atoms with Gasteiger partial charge < -0.3 is 15.3 Å². The summed E-state index contributed by atoms with van der Waals surface area (Å²) in [6, 6.07) is 8.74. The molecule has 2 N–H and O–H groups in total. The first-order valence-electron chi connectivity index (χ1n) is 16.2. The average molecular weight is 596 g/mol. The number of hydrogen-bond donors (Lipinski definition) is 2. The Morgan fingerprint density at radius 3 is 2.34 bits per heavy atom. The first-order valence-corrected chi connectivity index (χ1v) is 16.2. The van der Waals surface area contributed by atoms with Gasteiger partial charge in [-0.25, -0.2) is 9.97 Å². The molecule has 1 atom stereocenters. The minimum Gasteiger partial charge on any atom is -0.378 e. The lowest BCUT2D eigenvalue weighted by Crippen LogP contribution is -2.47. The molecule has 0 bridgehead atoms. The van der Waals surface area contributed by atoms with Crippen molar-refractivity contribution in [3.05, 3.63) is 55.2 Å². The summed E-state index contributed by atoms with van der Waals surface area (Å²) in [4.78, 5) is 14.6. The third kappa shape index (κ3) is 5.78. The summed E-state index contributed by atoms with van der Waals surface area (Å²) < 4.78 is 3.97. The van der Waals surface area contributed by atoms with Gasteiger partial charge in [0.05, 0.1) is 18.4 Å². The number of aliphatic hydroxyl groups excluding tert-OH is 1. The van der Waals surface area contributed by atoms with Gasteiger partial charge in [0.2, 0.25) is 0 Å². The standard InChI is InChI=1S/C34H45N9O/c1-40-15-10-24(11-16-40)18-35-33-30(21-36-32(39-33)26-6-4-5-25(17-26)27-19-37-41(2)22-27)28-20-38-43(23-28)29-7-12-34(13-8-29)14-9-31(44)42(34)3/h4-6,17,19-24,29,31,44H,7-16,18H2,1-3H3,(H,35,36,39). The topological polar surface area (TPSA) is 100 Å². The SMILES string of the molecule is CN1CCC(CNc2nc(-c3cccc(-c4cnn(C)c4)c3)ncc2-c2cnn(C3CCC4(CCC(O)N4C)CC3)c2)CC1. The molecule has 3 aliphatic rings. The van der Waals surface area contributed by atoms with Gasteiger partial charge in [-0.1, -0.05) is 18.2 Å². The minimum absolute atomic E-state index is 0.148. The Balaban J connectivity index is 1.14. The van der Waals surface area contributed by atoms with E-state index in [4.69, 9.17) is 15.1 Å². The van der Waals surface area contributed by atoms with Gasteiger partial charge >= 0.3 is 0 Å². The zero-order valence-corrected chi connectivity index (χ0v) is 26.2. The fourth-order valence-corrected chi connectivity index (χ4v) is 7.55. The van der Waals surface area contributed by atoms with Crippen molar-refractivity contribution in [3.63, 3.8) is 0 Å². The number of piperidine rings is 1. The van der Waals surface area contributed by atoms with Crippen molar-refractivity contribution in [2.45, 2.75) is 69.2 Å². The van der Waals surface area contributed by atoms with Crippen molar-refractivity contribution in [3.8, 4) is 33.6 Å². The van der Waals surface area contributed by atoms with E-state index in [1.807, 2.05) is 36.5 Å². The van der Waals surface area contributed by atoms with E-state index in [0.29, 0.717) is 17.8 Å². The van der Waals surface area contributed by atoms with Crippen LogP contribution in [0.2, 0.25) is 0 Å². The van der Waals surface area contributed by atoms with E-state index >= 15 is 0 Å². The predicted molar refractivity (Wildman–Crippen MR) is 173 cm³/mol. The molecule has 10 heteroatoms. The van der Waals surface area contributed by atoms with E-state index in [1.54, 1.807) is 0 Å². The lowest BCUT2D eigenvalue weighted by Gasteiger charge is -2.43. The quantitative estimate of drug-likeness (QED) is 0.306. The second-order valence-electron chi connectivity index (χ2n) is 13.4. The van der Waals surface area contributed by atoms with Crippen LogP contribution in [0.25, 0.3) is 33.6 Å². The van der Waals surface area contributed by atoms with Gasteiger partial charge in [0, 0.05) is 60.0 Å². The third-order valence-corrected chi connectivity index (χ3v) is 10.6. The summed E-state index contributed by atoms with van der Waals surface area (Å²) >= 11 is 0. The van der Waals surface area contributed by atoms with E-state index in [0.717, 1.165) is 91.8 Å². The van der Waals surface area contributed by atoms with Crippen molar-refractivity contribution >= 4 is 5.82 Å². The van der Waals surface area contributed by atoms with Crippen molar-refractivity contribution < 1.29 is 5.11 Å². The second kappa shape index (κ2) is 12.1. The van der Waals surface area contributed by atoms with Crippen LogP contribution in [0.15, 0.2) is 55.2 Å². The lowest BCUT2D eigenvalue weighted by molar-refractivity contribution is -0.0184. The van der Waals surface area contributed by atoms with Crippen LogP contribution in [0.5, 0.6) is 0 Å². The summed E-state index contributed by atoms with van der Waals surface area (Å²) in [7, 11) is 6.23. The van der Waals surface area contributed by atoms with Crippen LogP contribution in [0, 0.1) is 5.92 Å². The highest BCUT2D eigenvalue weighted by molar-refractivity contribution is 5.76. The highest BCUT2D eigenvalue weighted by Crippen LogP contribution is 2.45. The Kier molecular flexibility index (Phi) is 7.99. The molecule has 3 aromatic heterocycles. The van der Waals surface area contributed by atoms with Crippen molar-refractivity contribution in [1.82, 2.24) is 39.3 Å². The van der Waals surface area contributed by atoms with Gasteiger partial charge in [0.1, 0.15) is 12.0 Å². The molecule has 4 aromatic rings. The molecule has 1 spiro atoms. The van der Waals surface area contributed by atoms with Crippen LogP contribution >= 0.6 is 0 Å². The Bertz CT molecular complexity index is 1580. The van der Waals surface area contributed by atoms with Crippen LogP contribution in [0.1, 0.15) is 57.4 Å². The number of anilines is 1. The van der Waals surface area contributed by atoms with Gasteiger partial charge in [-0.3, -0.25) is 14.3 Å². The molecule has 2 aliphatic heterocycles. The smallest absolute Gasteiger partial charge is 0.161 e. The molecular formula is C34H45N9O. The number of nitrogens with zero attached hydrogens (tertiary/aromatic N) is 8. The summed E-state index contributed by atoms with van der Waals surface area (Å²) in [6.45, 7) is 3.17. The molecule has 1 aromatic carbocycles. The first-order chi connectivity index (χ1) is 21.4. The van der Waals surface area contributed by atoms with Gasteiger partial charge in [-0.15, -0.1) is 0 Å². The number of aliphatic hydroxyl groups is 1. The Morgan fingerprint density at radius 1 is 0.864 bits per heavy atom. The number of hydrogen-bond acceptors (Lipinski definition) is 8. The van der Waals surface area contributed by atoms with Crippen molar-refractivity contribution in [1.29, 1.82) is 0 Å². The fourth-order valence-electron chi connectivity index (χ4n) is 7.55. The van der Waals surface area contributed by atoms with E-state index in [-0.39, 0.29) is 11.8 Å². The van der Waals surface area contributed by atoms with Gasteiger partial charge in [-0.05, 0) is 96.1 Å². The van der Waals surface area contributed by atoms with Gasteiger partial charge in [0.15, 0.2) is 5.82 Å². The molecular weight excluding hydrogens is 550 g/mol. The van der Waals surface area contributed by atoms with Crippen LogP contribution in [-0.4, -0.2) is 89.9 Å². The second-order valence-corrected chi connectivity index (χ2v) is 13.4. The maximum absolute atomic E-state index is 10.3. The highest BCUT2D eigenvalue weighted by Gasteiger charge is 2.45. The van der Waals surface area contributed by atoms with Crippen LogP contribution < -0.4 is 5.32 Å². The lowest BCUT2D eigenvalue weighted by atomic mass is 9.78. The summed E-state index contributed by atoms with van der Waals surface area (Å²) in [6.07, 6.45) is 18.4. The molecule has 10 nitrogen and oxygen atoms in total. The molecule has 1 saturated carbocycles. The van der Waals surface area contributed by atoms with Gasteiger partial charge in [-0.2, -0.15) is 10.2 Å². The summed E-state index contributed by atoms with van der Waals surface area (Å²) in [5.41, 5.74) is 5.33. The maximum atomic E-state index is 10.3. The predicted octanol–water partition coefficient (Wildman–Crippen LogP) is 5.06. The molecule has 7 rings (SSSR count). The largest absolute Gasteiger partial charge is 0.378 e. The first kappa shape index (κ1) is 29.1. The maximum Gasteiger partial charge on any atom is 0.161 e. The molecule has 5 heterocycles. The number of likely N-dealkylation sites (tertiary alicyclic amines) is 2. The van der Waals surface area contributed by atoms with E-state index in [1.165, 1.54) is 12.8 Å². The van der Waals surface area contributed by atoms with Crippen molar-refractivity contribution in [2.24, 2.45) is 13.0 Å². The normalized spacial score (nSPS) is 25.2. The Hall–Kier alpha value is -3.60. The molecule has 0 radical (unpaired) electrons. The van der Waals surface area contributed by atoms with Crippen LogP contribution in [-0.2, 0) is 7.05 Å². The number of rotatable bonds is 7. The Labute approximate surface area is 260 Å². The van der Waals surface area contributed by atoms with Crippen molar-refractivity contribution in [2.75, 3.05) is 39.0 Å². The Morgan fingerprint density at radius 2 is 1.61 bits per heavy atom. The molecule has 232 valence electrons. The van der Waals surface area contributed by atoms with Crippen LogP contribution in [0.3, 0.4) is 0 Å². The average Bonchev–Trinajstić information content (AvgIpc) is 3.78. The summed E-state index contributed by atoms with van der Waals surface area (Å²) in [5, 5.41) is 23.3. The van der Waals surface area contributed by atoms with E-state index < -0.39 is 0 Å². The minimum atomic E-state index is -0.302. The van der Waals surface area contributed by atoms with E-state index in [2.05, 4.69) is 69.5 Å². The van der Waals surface area contributed by atoms with E-state index in [9.17, 15) is 5.11 Å². The molecule has 3 fully saturated rings. The molecule has 2 saturated heterocycles. The number of aryl methyl sites for hydroxylation is 1.